The first-order chi connectivity index (χ1) is 23.4. The lowest BCUT2D eigenvalue weighted by Gasteiger charge is -2.16. The summed E-state index contributed by atoms with van der Waals surface area (Å²) < 4.78 is 43.3. The minimum Gasteiger partial charge on any atom is -0.377 e. The quantitative estimate of drug-likeness (QED) is 0.0726. The van der Waals surface area contributed by atoms with Crippen LogP contribution in [0.3, 0.4) is 0 Å². The Labute approximate surface area is 286 Å². The summed E-state index contributed by atoms with van der Waals surface area (Å²) in [5.41, 5.74) is 0. The SMILES string of the molecule is CCNC(=O)COCCOCCOCCOCCOCCOCCOCCOCCNC(=O)CCCCCN1C(=O)CC(C(C)C)C1=O. The van der Waals surface area contributed by atoms with Crippen molar-refractivity contribution in [2.75, 3.05) is 125 Å². The third kappa shape index (κ3) is 24.0. The summed E-state index contributed by atoms with van der Waals surface area (Å²) in [6, 6.07) is 0. The van der Waals surface area contributed by atoms with Crippen LogP contribution in [0, 0.1) is 11.8 Å². The number of rotatable bonds is 34. The topological polar surface area (TPSA) is 169 Å². The average Bonchev–Trinajstić information content (AvgIpc) is 3.35. The molecule has 0 saturated carbocycles. The molecule has 0 aromatic carbocycles. The number of amides is 4. The Bertz CT molecular complexity index is 849. The van der Waals surface area contributed by atoms with Gasteiger partial charge in [-0.15, -0.1) is 0 Å². The van der Waals surface area contributed by atoms with Gasteiger partial charge >= 0.3 is 0 Å². The van der Waals surface area contributed by atoms with E-state index in [9.17, 15) is 19.2 Å². The van der Waals surface area contributed by atoms with Gasteiger partial charge in [-0.05, 0) is 25.7 Å². The van der Waals surface area contributed by atoms with Gasteiger partial charge in [0, 0.05) is 38.4 Å². The molecule has 4 amide bonds. The molecule has 1 fully saturated rings. The first-order valence-corrected chi connectivity index (χ1v) is 17.4. The zero-order chi connectivity index (χ0) is 35.1. The molecular formula is C33H61N3O12. The van der Waals surface area contributed by atoms with Crippen molar-refractivity contribution in [3.63, 3.8) is 0 Å². The number of carbonyl (C=O) groups excluding carboxylic acids is 4. The molecule has 15 nitrogen and oxygen atoms in total. The molecule has 1 aliphatic heterocycles. The second-order valence-electron chi connectivity index (χ2n) is 11.4. The highest BCUT2D eigenvalue weighted by atomic mass is 16.6. The Morgan fingerprint density at radius 2 is 1.10 bits per heavy atom. The number of likely N-dealkylation sites (N-methyl/N-ethyl adjacent to an activating group) is 1. The number of hydrogen-bond donors (Lipinski definition) is 2. The largest absolute Gasteiger partial charge is 0.377 e. The number of nitrogens with one attached hydrogen (secondary N) is 2. The van der Waals surface area contributed by atoms with E-state index in [2.05, 4.69) is 10.6 Å². The van der Waals surface area contributed by atoms with Crippen molar-refractivity contribution in [1.82, 2.24) is 15.5 Å². The summed E-state index contributed by atoms with van der Waals surface area (Å²) in [5.74, 6) is -0.315. The van der Waals surface area contributed by atoms with E-state index in [1.54, 1.807) is 0 Å². The Kier molecular flexibility index (Phi) is 28.1. The predicted molar refractivity (Wildman–Crippen MR) is 176 cm³/mol. The normalized spacial score (nSPS) is 14.8. The van der Waals surface area contributed by atoms with E-state index >= 15 is 0 Å². The fourth-order valence-electron chi connectivity index (χ4n) is 4.50. The standard InChI is InChI=1S/C33H61N3O12/c1-4-34-31(38)27-48-25-24-47-23-22-46-21-20-45-19-18-44-17-16-43-15-14-42-13-12-41-11-9-35-30(37)8-6-5-7-10-36-32(39)26-29(28(2)3)33(36)40/h28-29H,4-27H2,1-3H3,(H,34,38)(H,35,37). The minimum atomic E-state index is -0.191. The van der Waals surface area contributed by atoms with Crippen molar-refractivity contribution in [2.45, 2.75) is 52.9 Å². The number of carbonyl (C=O) groups is 4. The van der Waals surface area contributed by atoms with E-state index in [0.29, 0.717) is 144 Å². The molecule has 0 bridgehead atoms. The summed E-state index contributed by atoms with van der Waals surface area (Å²) in [7, 11) is 0. The first kappa shape index (κ1) is 43.8. The van der Waals surface area contributed by atoms with Crippen LogP contribution in [0.5, 0.6) is 0 Å². The number of nitrogens with zero attached hydrogens (tertiary/aromatic N) is 1. The van der Waals surface area contributed by atoms with Crippen molar-refractivity contribution in [3.8, 4) is 0 Å². The van der Waals surface area contributed by atoms with Crippen LogP contribution in [0.2, 0.25) is 0 Å². The predicted octanol–water partition coefficient (Wildman–Crippen LogP) is 0.963. The smallest absolute Gasteiger partial charge is 0.245 e. The van der Waals surface area contributed by atoms with E-state index in [1.165, 1.54) is 4.90 Å². The molecule has 1 aliphatic rings. The monoisotopic (exact) mass is 691 g/mol. The van der Waals surface area contributed by atoms with Gasteiger partial charge in [-0.1, -0.05) is 20.3 Å². The highest BCUT2D eigenvalue weighted by Gasteiger charge is 2.39. The molecule has 1 unspecified atom stereocenters. The second kappa shape index (κ2) is 30.8. The van der Waals surface area contributed by atoms with Gasteiger partial charge < -0.3 is 48.5 Å². The molecule has 1 saturated heterocycles. The van der Waals surface area contributed by atoms with Crippen LogP contribution in [0.15, 0.2) is 0 Å². The highest BCUT2D eigenvalue weighted by molar-refractivity contribution is 6.03. The van der Waals surface area contributed by atoms with Crippen LogP contribution >= 0.6 is 0 Å². The fourth-order valence-corrected chi connectivity index (χ4v) is 4.50. The maximum atomic E-state index is 12.3. The lowest BCUT2D eigenvalue weighted by Crippen LogP contribution is -2.32. The summed E-state index contributed by atoms with van der Waals surface area (Å²) in [6.45, 7) is 14.0. The van der Waals surface area contributed by atoms with Crippen LogP contribution in [0.4, 0.5) is 0 Å². The number of ether oxygens (including phenoxy) is 8. The van der Waals surface area contributed by atoms with Gasteiger partial charge in [0.25, 0.3) is 0 Å². The van der Waals surface area contributed by atoms with E-state index in [0.717, 1.165) is 6.42 Å². The summed E-state index contributed by atoms with van der Waals surface area (Å²) >= 11 is 0. The Balaban J connectivity index is 1.72. The van der Waals surface area contributed by atoms with Crippen LogP contribution in [-0.2, 0) is 57.1 Å². The number of unbranched alkanes of at least 4 members (excludes halogenated alkanes) is 2. The molecular weight excluding hydrogens is 630 g/mol. The number of hydrogen-bond acceptors (Lipinski definition) is 12. The summed E-state index contributed by atoms with van der Waals surface area (Å²) in [6.07, 6.45) is 2.94. The fraction of sp³-hybridized carbons (Fsp3) is 0.879. The van der Waals surface area contributed by atoms with Gasteiger partial charge in [0.1, 0.15) is 6.61 Å². The van der Waals surface area contributed by atoms with Gasteiger partial charge in [-0.25, -0.2) is 0 Å². The minimum absolute atomic E-state index is 0.0320. The summed E-state index contributed by atoms with van der Waals surface area (Å²) in [4.78, 5) is 48.9. The molecule has 2 N–H and O–H groups in total. The van der Waals surface area contributed by atoms with E-state index in [4.69, 9.17) is 37.9 Å². The molecule has 0 aromatic rings. The summed E-state index contributed by atoms with van der Waals surface area (Å²) in [5, 5.41) is 5.49. The van der Waals surface area contributed by atoms with Crippen molar-refractivity contribution < 1.29 is 57.1 Å². The van der Waals surface area contributed by atoms with Crippen molar-refractivity contribution in [1.29, 1.82) is 0 Å². The molecule has 0 radical (unpaired) electrons. The van der Waals surface area contributed by atoms with Gasteiger partial charge in [-0.3, -0.25) is 24.1 Å². The molecule has 0 aliphatic carbocycles. The maximum Gasteiger partial charge on any atom is 0.245 e. The highest BCUT2D eigenvalue weighted by Crippen LogP contribution is 2.26. The lowest BCUT2D eigenvalue weighted by atomic mass is 9.94. The van der Waals surface area contributed by atoms with E-state index in [-0.39, 0.29) is 42.1 Å². The van der Waals surface area contributed by atoms with Gasteiger partial charge in [0.05, 0.1) is 99.1 Å². The van der Waals surface area contributed by atoms with Crippen LogP contribution < -0.4 is 10.6 Å². The Morgan fingerprint density at radius 1 is 0.646 bits per heavy atom. The molecule has 15 heteroatoms. The molecule has 48 heavy (non-hydrogen) atoms. The third-order valence-electron chi connectivity index (χ3n) is 7.15. The van der Waals surface area contributed by atoms with Crippen molar-refractivity contribution in [3.05, 3.63) is 0 Å². The average molecular weight is 692 g/mol. The molecule has 1 heterocycles. The number of likely N-dealkylation sites (tertiary alicyclic amines) is 1. The second-order valence-corrected chi connectivity index (χ2v) is 11.4. The van der Waals surface area contributed by atoms with Gasteiger partial charge in [0.15, 0.2) is 0 Å². The maximum absolute atomic E-state index is 12.3. The lowest BCUT2D eigenvalue weighted by molar-refractivity contribution is -0.140. The first-order valence-electron chi connectivity index (χ1n) is 17.4. The zero-order valence-corrected chi connectivity index (χ0v) is 29.5. The number of imide groups is 1. The van der Waals surface area contributed by atoms with Crippen molar-refractivity contribution >= 4 is 23.6 Å². The molecule has 280 valence electrons. The van der Waals surface area contributed by atoms with Crippen molar-refractivity contribution in [2.24, 2.45) is 11.8 Å². The molecule has 0 spiro atoms. The zero-order valence-electron chi connectivity index (χ0n) is 29.5. The van der Waals surface area contributed by atoms with E-state index in [1.807, 2.05) is 20.8 Å². The molecule has 1 atom stereocenters. The van der Waals surface area contributed by atoms with Crippen LogP contribution in [0.1, 0.15) is 52.9 Å². The molecule has 0 aromatic heterocycles. The van der Waals surface area contributed by atoms with E-state index < -0.39 is 0 Å². The van der Waals surface area contributed by atoms with Gasteiger partial charge in [-0.2, -0.15) is 0 Å². The van der Waals surface area contributed by atoms with Crippen LogP contribution in [0.25, 0.3) is 0 Å². The van der Waals surface area contributed by atoms with Gasteiger partial charge in [0.2, 0.25) is 23.6 Å². The van der Waals surface area contributed by atoms with Crippen LogP contribution in [-0.4, -0.2) is 154 Å². The Morgan fingerprint density at radius 3 is 1.54 bits per heavy atom. The Hall–Kier alpha value is -2.24. The molecule has 1 rings (SSSR count). The third-order valence-corrected chi connectivity index (χ3v) is 7.15.